The molecule has 148 valence electrons. The number of rotatable bonds is 3. The van der Waals surface area contributed by atoms with E-state index in [1.54, 1.807) is 0 Å². The van der Waals surface area contributed by atoms with Crippen molar-refractivity contribution in [2.24, 2.45) is 0 Å². The first-order chi connectivity index (χ1) is 13.2. The summed E-state index contributed by atoms with van der Waals surface area (Å²) in [5, 5.41) is 3.24. The molecule has 0 aromatic heterocycles. The lowest BCUT2D eigenvalue weighted by molar-refractivity contribution is 0.184. The second-order valence-electron chi connectivity index (χ2n) is 7.78. The van der Waals surface area contributed by atoms with Gasteiger partial charge in [-0.2, -0.15) is 5.53 Å². The number of nitrogens with zero attached hydrogens (tertiary/aromatic N) is 2. The van der Waals surface area contributed by atoms with Crippen molar-refractivity contribution in [1.82, 2.24) is 31.5 Å². The van der Waals surface area contributed by atoms with Crippen molar-refractivity contribution in [3.8, 4) is 0 Å². The summed E-state index contributed by atoms with van der Waals surface area (Å²) >= 11 is 0. The quantitative estimate of drug-likeness (QED) is 0.632. The number of hydrogen-bond donors (Lipinski definition) is 4. The van der Waals surface area contributed by atoms with E-state index in [-0.39, 0.29) is 23.9 Å². The number of hydrazine groups is 2. The number of fused-ring (bicyclic) bond motifs is 1. The predicted octanol–water partition coefficient (Wildman–Crippen LogP) is 0.945. The molecule has 3 fully saturated rings. The lowest BCUT2D eigenvalue weighted by Crippen LogP contribution is -2.57. The van der Waals surface area contributed by atoms with Gasteiger partial charge >= 0.3 is 6.03 Å². The lowest BCUT2D eigenvalue weighted by Gasteiger charge is -2.34. The second-order valence-corrected chi connectivity index (χ2v) is 7.78. The molecule has 1 saturated carbocycles. The summed E-state index contributed by atoms with van der Waals surface area (Å²) in [4.78, 5) is 17.1. The number of amides is 2. The average molecular weight is 376 g/mol. The van der Waals surface area contributed by atoms with Gasteiger partial charge in [0.05, 0.1) is 6.04 Å². The molecular weight excluding hydrogens is 347 g/mol. The zero-order chi connectivity index (χ0) is 18.6. The van der Waals surface area contributed by atoms with Crippen molar-refractivity contribution in [3.05, 3.63) is 35.6 Å². The van der Waals surface area contributed by atoms with Crippen LogP contribution in [0.4, 0.5) is 9.18 Å². The molecule has 2 saturated heterocycles. The predicted molar refractivity (Wildman–Crippen MR) is 101 cm³/mol. The highest BCUT2D eigenvalue weighted by Gasteiger charge is 2.37. The highest BCUT2D eigenvalue weighted by Crippen LogP contribution is 2.21. The van der Waals surface area contributed by atoms with Crippen molar-refractivity contribution >= 4 is 6.03 Å². The molecule has 0 radical (unpaired) electrons. The maximum absolute atomic E-state index is 13.1. The number of nitrogens with one attached hydrogen (secondary N) is 4. The number of halogens is 1. The van der Waals surface area contributed by atoms with Gasteiger partial charge in [-0.05, 0) is 43.4 Å². The number of carbonyl (C=O) groups is 1. The monoisotopic (exact) mass is 376 g/mol. The van der Waals surface area contributed by atoms with Crippen LogP contribution in [0.3, 0.4) is 0 Å². The summed E-state index contributed by atoms with van der Waals surface area (Å²) in [7, 11) is 0. The third-order valence-electron chi connectivity index (χ3n) is 5.90. The molecule has 3 atom stereocenters. The molecule has 7 nitrogen and oxygen atoms in total. The van der Waals surface area contributed by atoms with Gasteiger partial charge in [-0.25, -0.2) is 20.0 Å². The summed E-state index contributed by atoms with van der Waals surface area (Å²) in [6.45, 7) is 4.07. The molecule has 4 N–H and O–H groups in total. The maximum atomic E-state index is 13.1. The first kappa shape index (κ1) is 18.6. The van der Waals surface area contributed by atoms with E-state index in [0.29, 0.717) is 6.04 Å². The maximum Gasteiger partial charge on any atom is 0.317 e. The molecule has 2 heterocycles. The molecule has 8 heteroatoms. The van der Waals surface area contributed by atoms with E-state index >= 15 is 0 Å². The van der Waals surface area contributed by atoms with Crippen LogP contribution in [0.15, 0.2) is 24.3 Å². The van der Waals surface area contributed by atoms with Crippen molar-refractivity contribution in [3.63, 3.8) is 0 Å². The SMILES string of the molecule is O=C(NC1CCCC2NNNC21)N1CCCN(Cc2ccc(F)cc2)CC1. The van der Waals surface area contributed by atoms with Gasteiger partial charge in [-0.15, -0.1) is 0 Å². The van der Waals surface area contributed by atoms with Crippen LogP contribution in [0.25, 0.3) is 0 Å². The van der Waals surface area contributed by atoms with E-state index in [4.69, 9.17) is 0 Å². The Kier molecular flexibility index (Phi) is 5.87. The highest BCUT2D eigenvalue weighted by atomic mass is 19.1. The van der Waals surface area contributed by atoms with Crippen LogP contribution in [0.2, 0.25) is 0 Å². The number of carbonyl (C=O) groups excluding carboxylic acids is 1. The largest absolute Gasteiger partial charge is 0.334 e. The third-order valence-corrected chi connectivity index (χ3v) is 5.90. The van der Waals surface area contributed by atoms with E-state index < -0.39 is 0 Å². The molecule has 3 aliphatic rings. The van der Waals surface area contributed by atoms with Gasteiger partial charge in [0.15, 0.2) is 0 Å². The normalized spacial score (nSPS) is 29.2. The van der Waals surface area contributed by atoms with Gasteiger partial charge < -0.3 is 10.2 Å². The molecule has 0 bridgehead atoms. The standard InChI is InChI=1S/C19H29FN6O/c20-15-7-5-14(6-8-15)13-25-9-2-10-26(12-11-25)19(27)21-16-3-1-4-17-18(16)23-24-22-17/h5-8,16-18,22-24H,1-4,9-13H2,(H,21,27). The Balaban J connectivity index is 1.28. The minimum Gasteiger partial charge on any atom is -0.334 e. The minimum absolute atomic E-state index is 0.0398. The Morgan fingerprint density at radius 2 is 1.93 bits per heavy atom. The molecule has 4 rings (SSSR count). The van der Waals surface area contributed by atoms with Gasteiger partial charge in [0, 0.05) is 44.8 Å². The Hall–Kier alpha value is -1.74. The van der Waals surface area contributed by atoms with Crippen LogP contribution in [0, 0.1) is 5.82 Å². The van der Waals surface area contributed by atoms with Crippen molar-refractivity contribution < 1.29 is 9.18 Å². The van der Waals surface area contributed by atoms with Crippen LogP contribution in [0.1, 0.15) is 31.2 Å². The fourth-order valence-electron chi connectivity index (χ4n) is 4.37. The summed E-state index contributed by atoms with van der Waals surface area (Å²) < 4.78 is 13.1. The fourth-order valence-corrected chi connectivity index (χ4v) is 4.37. The minimum atomic E-state index is -0.204. The van der Waals surface area contributed by atoms with Gasteiger partial charge in [-0.3, -0.25) is 4.90 Å². The van der Waals surface area contributed by atoms with Gasteiger partial charge in [0.1, 0.15) is 5.82 Å². The Bertz CT molecular complexity index is 642. The van der Waals surface area contributed by atoms with E-state index in [0.717, 1.165) is 64.0 Å². The van der Waals surface area contributed by atoms with Crippen LogP contribution >= 0.6 is 0 Å². The summed E-state index contributed by atoms with van der Waals surface area (Å²) in [5.41, 5.74) is 10.6. The molecule has 0 spiro atoms. The topological polar surface area (TPSA) is 71.7 Å². The van der Waals surface area contributed by atoms with E-state index in [2.05, 4.69) is 26.6 Å². The number of urea groups is 1. The van der Waals surface area contributed by atoms with Crippen molar-refractivity contribution in [2.75, 3.05) is 26.2 Å². The highest BCUT2D eigenvalue weighted by molar-refractivity contribution is 5.74. The average Bonchev–Trinajstić information content (AvgIpc) is 3.04. The number of benzene rings is 1. The van der Waals surface area contributed by atoms with Gasteiger partial charge in [-0.1, -0.05) is 12.1 Å². The first-order valence-corrected chi connectivity index (χ1v) is 9.97. The molecule has 2 amide bonds. The lowest BCUT2D eigenvalue weighted by atomic mass is 9.87. The van der Waals surface area contributed by atoms with Crippen molar-refractivity contribution in [2.45, 2.75) is 50.4 Å². The first-order valence-electron chi connectivity index (χ1n) is 9.97. The summed E-state index contributed by atoms with van der Waals surface area (Å²) in [6, 6.07) is 7.48. The zero-order valence-electron chi connectivity index (χ0n) is 15.6. The van der Waals surface area contributed by atoms with Crippen LogP contribution < -0.4 is 21.7 Å². The van der Waals surface area contributed by atoms with Crippen LogP contribution in [-0.4, -0.2) is 60.1 Å². The summed E-state index contributed by atoms with van der Waals surface area (Å²) in [5.74, 6) is -0.204. The Morgan fingerprint density at radius 1 is 1.07 bits per heavy atom. The molecule has 1 aromatic carbocycles. The van der Waals surface area contributed by atoms with Gasteiger partial charge in [0.25, 0.3) is 0 Å². The molecule has 27 heavy (non-hydrogen) atoms. The summed E-state index contributed by atoms with van der Waals surface area (Å²) in [6.07, 6.45) is 4.20. The van der Waals surface area contributed by atoms with Crippen LogP contribution in [0.5, 0.6) is 0 Å². The molecule has 3 unspecified atom stereocenters. The van der Waals surface area contributed by atoms with E-state index in [9.17, 15) is 9.18 Å². The van der Waals surface area contributed by atoms with Crippen LogP contribution in [-0.2, 0) is 6.54 Å². The number of hydrogen-bond acceptors (Lipinski definition) is 5. The van der Waals surface area contributed by atoms with Gasteiger partial charge in [0.2, 0.25) is 0 Å². The smallest absolute Gasteiger partial charge is 0.317 e. The molecule has 1 aliphatic carbocycles. The van der Waals surface area contributed by atoms with E-state index in [1.807, 2.05) is 17.0 Å². The Morgan fingerprint density at radius 3 is 2.78 bits per heavy atom. The fraction of sp³-hybridized carbons (Fsp3) is 0.632. The Labute approximate surface area is 159 Å². The molecular formula is C19H29FN6O. The van der Waals surface area contributed by atoms with E-state index in [1.165, 1.54) is 12.1 Å². The third kappa shape index (κ3) is 4.57. The zero-order valence-corrected chi connectivity index (χ0v) is 15.6. The van der Waals surface area contributed by atoms with Crippen molar-refractivity contribution in [1.29, 1.82) is 0 Å². The second kappa shape index (κ2) is 8.52. The molecule has 1 aromatic rings. The molecule has 2 aliphatic heterocycles.